The quantitative estimate of drug-likeness (QED) is 0.721. The van der Waals surface area contributed by atoms with E-state index >= 15 is 0 Å². The highest BCUT2D eigenvalue weighted by molar-refractivity contribution is 5.79. The first kappa shape index (κ1) is 16.4. The molecule has 3 aromatic rings. The zero-order chi connectivity index (χ0) is 17.9. The average molecular weight is 343 g/mol. The van der Waals surface area contributed by atoms with Crippen molar-refractivity contribution in [3.05, 3.63) is 95.1 Å². The van der Waals surface area contributed by atoms with Crippen LogP contribution < -0.4 is 5.32 Å². The molecule has 0 spiro atoms. The van der Waals surface area contributed by atoms with E-state index in [4.69, 9.17) is 4.74 Å². The summed E-state index contributed by atoms with van der Waals surface area (Å²) in [4.78, 5) is 12.1. The van der Waals surface area contributed by atoms with Gasteiger partial charge in [-0.05, 0) is 34.7 Å². The monoisotopic (exact) mass is 343 g/mol. The maximum absolute atomic E-state index is 12.1. The van der Waals surface area contributed by atoms with Gasteiger partial charge in [-0.2, -0.15) is 0 Å². The Morgan fingerprint density at radius 1 is 0.923 bits per heavy atom. The Hall–Kier alpha value is -3.07. The third kappa shape index (κ3) is 3.21. The number of aryl methyl sites for hydroxylation is 1. The molecule has 1 amide bonds. The molecule has 0 aromatic heterocycles. The molecule has 0 aliphatic heterocycles. The van der Waals surface area contributed by atoms with Gasteiger partial charge in [-0.3, -0.25) is 0 Å². The summed E-state index contributed by atoms with van der Waals surface area (Å²) < 4.78 is 5.54. The molecule has 3 heteroatoms. The Balaban J connectivity index is 1.42. The number of nitrogens with one attached hydrogen (secondary N) is 1. The topological polar surface area (TPSA) is 38.3 Å². The normalized spacial score (nSPS) is 12.3. The van der Waals surface area contributed by atoms with Crippen molar-refractivity contribution in [1.82, 2.24) is 5.32 Å². The van der Waals surface area contributed by atoms with Crippen molar-refractivity contribution in [3.8, 4) is 11.1 Å². The van der Waals surface area contributed by atoms with E-state index in [1.807, 2.05) is 49.4 Å². The molecule has 1 aliphatic rings. The fourth-order valence-electron chi connectivity index (χ4n) is 3.65. The van der Waals surface area contributed by atoms with Gasteiger partial charge in [-0.15, -0.1) is 0 Å². The number of hydrogen-bond donors (Lipinski definition) is 1. The Bertz CT molecular complexity index is 903. The van der Waals surface area contributed by atoms with Gasteiger partial charge < -0.3 is 10.1 Å². The Kier molecular flexibility index (Phi) is 4.44. The van der Waals surface area contributed by atoms with Crippen molar-refractivity contribution in [1.29, 1.82) is 0 Å². The smallest absolute Gasteiger partial charge is 0.407 e. The van der Waals surface area contributed by atoms with Crippen LogP contribution >= 0.6 is 0 Å². The Labute approximate surface area is 153 Å². The predicted octanol–water partition coefficient (Wildman–Crippen LogP) is 5.03. The molecule has 0 saturated carbocycles. The fourth-order valence-corrected chi connectivity index (χ4v) is 3.65. The van der Waals surface area contributed by atoms with Gasteiger partial charge in [0, 0.05) is 12.5 Å². The van der Waals surface area contributed by atoms with Crippen LogP contribution in [0, 0.1) is 6.92 Å². The number of ether oxygens (including phenoxy) is 1. The molecule has 0 unspecified atom stereocenters. The molecule has 0 fully saturated rings. The van der Waals surface area contributed by atoms with Crippen LogP contribution in [0.25, 0.3) is 11.1 Å². The first-order valence-corrected chi connectivity index (χ1v) is 8.87. The molecule has 3 aromatic carbocycles. The molecule has 3 nitrogen and oxygen atoms in total. The summed E-state index contributed by atoms with van der Waals surface area (Å²) in [7, 11) is 0. The number of fused-ring (bicyclic) bond motifs is 3. The zero-order valence-electron chi connectivity index (χ0n) is 14.7. The van der Waals surface area contributed by atoms with Gasteiger partial charge in [-0.25, -0.2) is 4.79 Å². The van der Waals surface area contributed by atoms with E-state index in [9.17, 15) is 4.79 Å². The van der Waals surface area contributed by atoms with Crippen LogP contribution in [0.2, 0.25) is 0 Å². The lowest BCUT2D eigenvalue weighted by Crippen LogP contribution is -2.25. The van der Waals surface area contributed by atoms with E-state index in [0.717, 1.165) is 5.56 Å². The average Bonchev–Trinajstić information content (AvgIpc) is 2.99. The van der Waals surface area contributed by atoms with Crippen LogP contribution in [0.5, 0.6) is 0 Å². The van der Waals surface area contributed by atoms with E-state index < -0.39 is 0 Å². The lowest BCUT2D eigenvalue weighted by atomic mass is 9.98. The molecule has 0 saturated heterocycles. The van der Waals surface area contributed by atoms with Gasteiger partial charge in [0.25, 0.3) is 0 Å². The fraction of sp³-hybridized carbons (Fsp3) is 0.174. The van der Waals surface area contributed by atoms with Crippen LogP contribution in [0.1, 0.15) is 28.2 Å². The molecule has 1 N–H and O–H groups in total. The number of carbonyl (C=O) groups is 1. The van der Waals surface area contributed by atoms with Gasteiger partial charge in [0.1, 0.15) is 6.61 Å². The summed E-state index contributed by atoms with van der Waals surface area (Å²) in [6, 6.07) is 24.8. The minimum atomic E-state index is -0.381. The van der Waals surface area contributed by atoms with E-state index in [1.54, 1.807) is 0 Å². The Morgan fingerprint density at radius 3 is 2.23 bits per heavy atom. The highest BCUT2D eigenvalue weighted by Gasteiger charge is 2.28. The van der Waals surface area contributed by atoms with E-state index in [2.05, 4.69) is 35.6 Å². The molecule has 26 heavy (non-hydrogen) atoms. The van der Waals surface area contributed by atoms with Crippen molar-refractivity contribution in [2.24, 2.45) is 0 Å². The maximum atomic E-state index is 12.1. The summed E-state index contributed by atoms with van der Waals surface area (Å²) >= 11 is 0. The number of amides is 1. The van der Waals surface area contributed by atoms with E-state index in [-0.39, 0.29) is 12.0 Å². The zero-order valence-corrected chi connectivity index (χ0v) is 14.7. The Morgan fingerprint density at radius 2 is 1.58 bits per heavy atom. The molecular weight excluding hydrogens is 322 g/mol. The second kappa shape index (κ2) is 7.04. The third-order valence-electron chi connectivity index (χ3n) is 4.86. The summed E-state index contributed by atoms with van der Waals surface area (Å²) in [5.74, 6) is 0.0899. The number of benzene rings is 3. The largest absolute Gasteiger partial charge is 0.449 e. The first-order chi connectivity index (χ1) is 12.7. The number of alkyl carbamates (subject to hydrolysis) is 1. The molecule has 0 radical (unpaired) electrons. The van der Waals surface area contributed by atoms with Crippen LogP contribution in [-0.2, 0) is 11.3 Å². The molecular formula is C23H21NO2. The standard InChI is InChI=1S/C23H21NO2/c1-16-7-6-8-17(13-16)14-24-23(25)26-15-22-20-11-4-2-9-18(20)19-10-3-5-12-21(19)22/h2-13,22H,14-15H2,1H3,(H,24,25). The molecule has 1 aliphatic carbocycles. The third-order valence-corrected chi connectivity index (χ3v) is 4.86. The van der Waals surface area contributed by atoms with Crippen LogP contribution in [0.3, 0.4) is 0 Å². The molecule has 0 heterocycles. The number of carbonyl (C=O) groups excluding carboxylic acids is 1. The van der Waals surface area contributed by atoms with Crippen molar-refractivity contribution < 1.29 is 9.53 Å². The van der Waals surface area contributed by atoms with Crippen molar-refractivity contribution >= 4 is 6.09 Å². The van der Waals surface area contributed by atoms with Crippen molar-refractivity contribution in [2.75, 3.05) is 6.61 Å². The van der Waals surface area contributed by atoms with Crippen molar-refractivity contribution in [3.63, 3.8) is 0 Å². The SMILES string of the molecule is Cc1cccc(CNC(=O)OCC2c3ccccc3-c3ccccc32)c1. The second-order valence-corrected chi connectivity index (χ2v) is 6.67. The van der Waals surface area contributed by atoms with E-state index in [0.29, 0.717) is 13.2 Å². The number of rotatable bonds is 4. The highest BCUT2D eigenvalue weighted by Crippen LogP contribution is 2.44. The molecule has 130 valence electrons. The number of hydrogen-bond acceptors (Lipinski definition) is 2. The predicted molar refractivity (Wildman–Crippen MR) is 103 cm³/mol. The molecule has 4 rings (SSSR count). The summed E-state index contributed by atoms with van der Waals surface area (Å²) in [5.41, 5.74) is 7.16. The summed E-state index contributed by atoms with van der Waals surface area (Å²) in [6.45, 7) is 2.85. The van der Waals surface area contributed by atoms with Gasteiger partial charge in [0.2, 0.25) is 0 Å². The van der Waals surface area contributed by atoms with Crippen molar-refractivity contribution in [2.45, 2.75) is 19.4 Å². The molecule has 0 bridgehead atoms. The maximum Gasteiger partial charge on any atom is 0.407 e. The molecule has 0 atom stereocenters. The minimum Gasteiger partial charge on any atom is -0.449 e. The van der Waals surface area contributed by atoms with Gasteiger partial charge in [0.15, 0.2) is 0 Å². The summed E-state index contributed by atoms with van der Waals surface area (Å²) in [6.07, 6.45) is -0.381. The lowest BCUT2D eigenvalue weighted by molar-refractivity contribution is 0.142. The van der Waals surface area contributed by atoms with Gasteiger partial charge >= 0.3 is 6.09 Å². The summed E-state index contributed by atoms with van der Waals surface area (Å²) in [5, 5.41) is 2.84. The van der Waals surface area contributed by atoms with Crippen LogP contribution in [-0.4, -0.2) is 12.7 Å². The van der Waals surface area contributed by atoms with Gasteiger partial charge in [0.05, 0.1) is 0 Å². The second-order valence-electron chi connectivity index (χ2n) is 6.67. The van der Waals surface area contributed by atoms with Crippen LogP contribution in [0.4, 0.5) is 4.79 Å². The van der Waals surface area contributed by atoms with Gasteiger partial charge in [-0.1, -0.05) is 78.4 Å². The lowest BCUT2D eigenvalue weighted by Gasteiger charge is -2.14. The minimum absolute atomic E-state index is 0.0899. The highest BCUT2D eigenvalue weighted by atomic mass is 16.5. The van der Waals surface area contributed by atoms with E-state index in [1.165, 1.54) is 27.8 Å². The van der Waals surface area contributed by atoms with Crippen LogP contribution in [0.15, 0.2) is 72.8 Å². The first-order valence-electron chi connectivity index (χ1n) is 8.87.